The second-order valence-electron chi connectivity index (χ2n) is 5.08. The van der Waals surface area contributed by atoms with Crippen LogP contribution in [0.25, 0.3) is 16.7 Å². The molecule has 2 N–H and O–H groups in total. The van der Waals surface area contributed by atoms with E-state index >= 15 is 0 Å². The van der Waals surface area contributed by atoms with Gasteiger partial charge in [-0.15, -0.1) is 5.10 Å². The quantitative estimate of drug-likeness (QED) is 0.806. The van der Waals surface area contributed by atoms with Crippen molar-refractivity contribution in [1.29, 1.82) is 0 Å². The number of nitrogens with zero attached hydrogens (tertiary/aromatic N) is 3. The summed E-state index contributed by atoms with van der Waals surface area (Å²) < 4.78 is 29.7. The Balaban J connectivity index is 2.14. The molecule has 108 valence electrons. The van der Waals surface area contributed by atoms with Crippen molar-refractivity contribution in [3.63, 3.8) is 0 Å². The normalized spacial score (nSPS) is 12.8. The van der Waals surface area contributed by atoms with E-state index in [1.165, 1.54) is 16.8 Å². The first-order valence-electron chi connectivity index (χ1n) is 6.60. The van der Waals surface area contributed by atoms with Crippen molar-refractivity contribution < 1.29 is 8.78 Å². The average molecular weight is 288 g/mol. The van der Waals surface area contributed by atoms with Crippen molar-refractivity contribution in [2.24, 2.45) is 5.73 Å². The van der Waals surface area contributed by atoms with Crippen LogP contribution in [0.15, 0.2) is 36.4 Å². The van der Waals surface area contributed by atoms with Crippen molar-refractivity contribution >= 4 is 11.0 Å². The summed E-state index contributed by atoms with van der Waals surface area (Å²) in [6.45, 7) is 1.79. The minimum atomic E-state index is -0.679. The molecule has 0 amide bonds. The molecular weight excluding hydrogens is 274 g/mol. The molecule has 0 fully saturated rings. The lowest BCUT2D eigenvalue weighted by Crippen LogP contribution is -2.18. The Morgan fingerprint density at radius 1 is 1.19 bits per heavy atom. The molecule has 6 heteroatoms. The molecule has 0 radical (unpaired) electrons. The first-order chi connectivity index (χ1) is 10.1. The van der Waals surface area contributed by atoms with Gasteiger partial charge < -0.3 is 5.73 Å². The molecule has 0 saturated heterocycles. The number of para-hydroxylation sites is 1. The van der Waals surface area contributed by atoms with Crippen LogP contribution >= 0.6 is 0 Å². The lowest BCUT2D eigenvalue weighted by molar-refractivity contribution is 0.554. The number of aromatic nitrogens is 3. The van der Waals surface area contributed by atoms with Crippen LogP contribution in [0.3, 0.4) is 0 Å². The monoisotopic (exact) mass is 288 g/mol. The second kappa shape index (κ2) is 5.21. The predicted octanol–water partition coefficient (Wildman–Crippen LogP) is 2.59. The highest BCUT2D eigenvalue weighted by molar-refractivity contribution is 5.76. The summed E-state index contributed by atoms with van der Waals surface area (Å²) in [5.74, 6) is -1.36. The largest absolute Gasteiger partial charge is 0.328 e. The first kappa shape index (κ1) is 13.6. The number of benzene rings is 2. The Bertz CT molecular complexity index is 772. The highest BCUT2D eigenvalue weighted by Gasteiger charge is 2.17. The van der Waals surface area contributed by atoms with E-state index in [0.29, 0.717) is 23.0 Å². The van der Waals surface area contributed by atoms with E-state index in [1.807, 2.05) is 0 Å². The van der Waals surface area contributed by atoms with Crippen LogP contribution in [0.1, 0.15) is 12.5 Å². The Kier molecular flexibility index (Phi) is 3.39. The Morgan fingerprint density at radius 2 is 1.86 bits per heavy atom. The van der Waals surface area contributed by atoms with Gasteiger partial charge in [0.2, 0.25) is 0 Å². The van der Waals surface area contributed by atoms with Gasteiger partial charge in [0, 0.05) is 6.04 Å². The maximum atomic E-state index is 14.3. The zero-order chi connectivity index (χ0) is 15.0. The van der Waals surface area contributed by atoms with Crippen molar-refractivity contribution in [3.05, 3.63) is 53.6 Å². The van der Waals surface area contributed by atoms with E-state index in [9.17, 15) is 8.78 Å². The second-order valence-corrected chi connectivity index (χ2v) is 5.08. The van der Waals surface area contributed by atoms with Gasteiger partial charge in [-0.1, -0.05) is 17.3 Å². The van der Waals surface area contributed by atoms with E-state index in [0.717, 1.165) is 0 Å². The van der Waals surface area contributed by atoms with Crippen LogP contribution in [0.5, 0.6) is 0 Å². The van der Waals surface area contributed by atoms with Crippen LogP contribution in [-0.2, 0) is 6.42 Å². The summed E-state index contributed by atoms with van der Waals surface area (Å²) in [5.41, 5.74) is 7.09. The van der Waals surface area contributed by atoms with Gasteiger partial charge in [0.05, 0.1) is 5.52 Å². The molecule has 0 aliphatic rings. The number of halogens is 2. The zero-order valence-electron chi connectivity index (χ0n) is 11.4. The van der Waals surface area contributed by atoms with E-state index < -0.39 is 11.6 Å². The molecule has 1 heterocycles. The number of fused-ring (bicyclic) bond motifs is 1. The van der Waals surface area contributed by atoms with E-state index in [-0.39, 0.29) is 11.7 Å². The van der Waals surface area contributed by atoms with Gasteiger partial charge in [0.15, 0.2) is 11.6 Å². The molecule has 1 unspecified atom stereocenters. The number of nitrogens with two attached hydrogens (primary N) is 1. The fourth-order valence-corrected chi connectivity index (χ4v) is 2.34. The van der Waals surface area contributed by atoms with Crippen molar-refractivity contribution in [2.75, 3.05) is 0 Å². The van der Waals surface area contributed by atoms with Crippen molar-refractivity contribution in [1.82, 2.24) is 15.0 Å². The van der Waals surface area contributed by atoms with E-state index in [1.54, 1.807) is 31.2 Å². The number of rotatable bonds is 3. The molecule has 0 bridgehead atoms. The lowest BCUT2D eigenvalue weighted by Gasteiger charge is -2.10. The minimum Gasteiger partial charge on any atom is -0.328 e. The fraction of sp³-hybridized carbons (Fsp3) is 0.200. The molecule has 0 aliphatic heterocycles. The van der Waals surface area contributed by atoms with Gasteiger partial charge in [-0.3, -0.25) is 0 Å². The van der Waals surface area contributed by atoms with E-state index in [4.69, 9.17) is 5.73 Å². The average Bonchev–Trinajstić information content (AvgIpc) is 2.81. The van der Waals surface area contributed by atoms with Crippen LogP contribution in [0.4, 0.5) is 8.78 Å². The standard InChI is InChI=1S/C15H14F2N4/c1-9(18)6-10-7-11(16)15(12(17)8-10)21-14-5-3-2-4-13(14)19-20-21/h2-5,7-9H,6,18H2,1H3. The molecule has 3 rings (SSSR count). The van der Waals surface area contributed by atoms with Gasteiger partial charge >= 0.3 is 0 Å². The topological polar surface area (TPSA) is 56.7 Å². The van der Waals surface area contributed by atoms with Gasteiger partial charge in [-0.25, -0.2) is 13.5 Å². The molecule has 0 saturated carbocycles. The van der Waals surface area contributed by atoms with Crippen molar-refractivity contribution in [2.45, 2.75) is 19.4 Å². The Morgan fingerprint density at radius 3 is 2.52 bits per heavy atom. The lowest BCUT2D eigenvalue weighted by atomic mass is 10.1. The fourth-order valence-electron chi connectivity index (χ4n) is 2.34. The van der Waals surface area contributed by atoms with Crippen LogP contribution in [0.2, 0.25) is 0 Å². The third-order valence-electron chi connectivity index (χ3n) is 3.20. The van der Waals surface area contributed by atoms with Gasteiger partial charge in [0.25, 0.3) is 0 Å². The maximum Gasteiger partial charge on any atom is 0.152 e. The molecule has 0 aliphatic carbocycles. The summed E-state index contributed by atoms with van der Waals surface area (Å²) in [6, 6.07) is 9.42. The molecule has 21 heavy (non-hydrogen) atoms. The molecule has 1 aromatic heterocycles. The predicted molar refractivity (Wildman–Crippen MR) is 76.1 cm³/mol. The SMILES string of the molecule is CC(N)Cc1cc(F)c(-n2nnc3ccccc32)c(F)c1. The molecule has 1 atom stereocenters. The van der Waals surface area contributed by atoms with E-state index in [2.05, 4.69) is 10.3 Å². The molecule has 3 aromatic rings. The van der Waals surface area contributed by atoms with Gasteiger partial charge in [-0.2, -0.15) is 0 Å². The molecule has 4 nitrogen and oxygen atoms in total. The minimum absolute atomic E-state index is 0.165. The van der Waals surface area contributed by atoms with Crippen LogP contribution < -0.4 is 5.73 Å². The summed E-state index contributed by atoms with van der Waals surface area (Å²) in [6.07, 6.45) is 0.409. The third kappa shape index (κ3) is 2.50. The Hall–Kier alpha value is -2.34. The van der Waals surface area contributed by atoms with Gasteiger partial charge in [0.1, 0.15) is 11.2 Å². The summed E-state index contributed by atoms with van der Waals surface area (Å²) in [4.78, 5) is 0. The number of hydrogen-bond acceptors (Lipinski definition) is 3. The highest BCUT2D eigenvalue weighted by atomic mass is 19.1. The zero-order valence-corrected chi connectivity index (χ0v) is 11.4. The molecular formula is C15H14F2N4. The van der Waals surface area contributed by atoms with Crippen LogP contribution in [0, 0.1) is 11.6 Å². The number of hydrogen-bond donors (Lipinski definition) is 1. The van der Waals surface area contributed by atoms with Gasteiger partial charge in [-0.05, 0) is 43.2 Å². The summed E-state index contributed by atoms with van der Waals surface area (Å²) >= 11 is 0. The van der Waals surface area contributed by atoms with Crippen molar-refractivity contribution in [3.8, 4) is 5.69 Å². The molecule has 0 spiro atoms. The smallest absolute Gasteiger partial charge is 0.152 e. The maximum absolute atomic E-state index is 14.3. The first-order valence-corrected chi connectivity index (χ1v) is 6.60. The summed E-state index contributed by atoms with van der Waals surface area (Å²) in [7, 11) is 0. The third-order valence-corrected chi connectivity index (χ3v) is 3.20. The Labute approximate surface area is 120 Å². The molecule has 2 aromatic carbocycles. The summed E-state index contributed by atoms with van der Waals surface area (Å²) in [5, 5.41) is 7.75. The highest BCUT2D eigenvalue weighted by Crippen LogP contribution is 2.23. The van der Waals surface area contributed by atoms with Crippen LogP contribution in [-0.4, -0.2) is 21.0 Å².